The first-order valence-corrected chi connectivity index (χ1v) is 11.1. The lowest BCUT2D eigenvalue weighted by molar-refractivity contribution is -0.133. The van der Waals surface area contributed by atoms with Crippen LogP contribution in [0.2, 0.25) is 5.02 Å². The number of aromatic hydroxyl groups is 7. The van der Waals surface area contributed by atoms with Crippen molar-refractivity contribution >= 4 is 11.6 Å². The second kappa shape index (κ2) is 10.3. The van der Waals surface area contributed by atoms with Crippen LogP contribution in [0.15, 0.2) is 0 Å². The summed E-state index contributed by atoms with van der Waals surface area (Å²) < 4.78 is 10.8. The fourth-order valence-corrected chi connectivity index (χ4v) is 4.45. The Labute approximate surface area is 204 Å². The van der Waals surface area contributed by atoms with E-state index in [-0.39, 0.29) is 24.2 Å². The molecule has 0 bridgehead atoms. The molecule has 0 amide bonds. The Hall–Kier alpha value is -3.03. The van der Waals surface area contributed by atoms with Crippen molar-refractivity contribution in [2.24, 2.45) is 0 Å². The average Bonchev–Trinajstić information content (AvgIpc) is 2.83. The molecule has 35 heavy (non-hydrogen) atoms. The van der Waals surface area contributed by atoms with E-state index < -0.39 is 94.0 Å². The number of rotatable bonds is 7. The van der Waals surface area contributed by atoms with Crippen molar-refractivity contribution in [1.29, 1.82) is 0 Å². The molecule has 0 radical (unpaired) electrons. The van der Waals surface area contributed by atoms with Crippen LogP contribution < -0.4 is 10.1 Å². The molecule has 4 unspecified atom stereocenters. The largest absolute Gasteiger partial charge is 0.507 e. The van der Waals surface area contributed by atoms with E-state index in [1.165, 1.54) is 7.05 Å². The predicted molar refractivity (Wildman–Crippen MR) is 122 cm³/mol. The van der Waals surface area contributed by atoms with E-state index in [9.17, 15) is 46.0 Å². The molecule has 1 aliphatic rings. The highest BCUT2D eigenvalue weighted by Gasteiger charge is 2.42. The first-order valence-electron chi connectivity index (χ1n) is 10.7. The molecule has 194 valence electrons. The first kappa shape index (κ1) is 26.6. The number of likely N-dealkylation sites (N-methyl/N-ethyl adjacent to an activating group) is 1. The number of hydrogen-bond donors (Lipinski definition) is 10. The van der Waals surface area contributed by atoms with Crippen molar-refractivity contribution in [2.45, 2.75) is 44.1 Å². The van der Waals surface area contributed by atoms with E-state index >= 15 is 0 Å². The van der Waals surface area contributed by atoms with Gasteiger partial charge in [0, 0.05) is 24.0 Å². The minimum absolute atomic E-state index is 0.00411. The Morgan fingerprint density at radius 2 is 1.51 bits per heavy atom. The number of aliphatic hydroxyl groups is 2. The van der Waals surface area contributed by atoms with Gasteiger partial charge in [-0.05, 0) is 14.0 Å². The lowest BCUT2D eigenvalue weighted by Gasteiger charge is -2.40. The molecule has 1 heterocycles. The van der Waals surface area contributed by atoms with Gasteiger partial charge in [-0.3, -0.25) is 0 Å². The molecule has 2 aromatic carbocycles. The van der Waals surface area contributed by atoms with Crippen molar-refractivity contribution in [3.8, 4) is 46.0 Å². The van der Waals surface area contributed by atoms with Crippen molar-refractivity contribution in [2.75, 3.05) is 20.3 Å². The molecule has 0 aromatic heterocycles. The van der Waals surface area contributed by atoms with Crippen LogP contribution in [0.3, 0.4) is 0 Å². The molecule has 0 saturated carbocycles. The van der Waals surface area contributed by atoms with Crippen molar-refractivity contribution in [3.05, 3.63) is 21.7 Å². The number of halogens is 1. The number of benzene rings is 2. The van der Waals surface area contributed by atoms with E-state index in [0.717, 1.165) is 0 Å². The van der Waals surface area contributed by atoms with Crippen molar-refractivity contribution in [3.63, 3.8) is 0 Å². The van der Waals surface area contributed by atoms with Gasteiger partial charge < -0.3 is 60.7 Å². The first-order chi connectivity index (χ1) is 16.5. The van der Waals surface area contributed by atoms with Crippen LogP contribution in [0.5, 0.6) is 46.0 Å². The van der Waals surface area contributed by atoms with Gasteiger partial charge in [0.1, 0.15) is 11.9 Å². The highest BCUT2D eigenvalue weighted by molar-refractivity contribution is 6.33. The van der Waals surface area contributed by atoms with Crippen LogP contribution in [0.1, 0.15) is 36.1 Å². The molecule has 10 N–H and O–H groups in total. The summed E-state index contributed by atoms with van der Waals surface area (Å²) in [5.74, 6) is -6.52. The molecule has 1 aliphatic heterocycles. The molecule has 2 aromatic rings. The lowest BCUT2D eigenvalue weighted by atomic mass is 9.88. The number of hydrogen-bond acceptors (Lipinski definition) is 12. The van der Waals surface area contributed by atoms with Gasteiger partial charge in [0.05, 0.1) is 42.0 Å². The molecular weight excluding hydrogens is 490 g/mol. The number of aliphatic hydroxyl groups excluding tert-OH is 2. The maximum absolute atomic E-state index is 11.1. The van der Waals surface area contributed by atoms with Gasteiger partial charge in [-0.2, -0.15) is 0 Å². The highest BCUT2D eigenvalue weighted by atomic mass is 35.5. The fraction of sp³-hybridized carbons (Fsp3) is 0.455. The van der Waals surface area contributed by atoms with Gasteiger partial charge in [-0.15, -0.1) is 0 Å². The number of nitrogens with one attached hydrogen (secondary N) is 1. The van der Waals surface area contributed by atoms with Crippen LogP contribution >= 0.6 is 11.6 Å². The summed E-state index contributed by atoms with van der Waals surface area (Å²) in [7, 11) is 1.50. The zero-order chi connectivity index (χ0) is 26.2. The monoisotopic (exact) mass is 517 g/mol. The Kier molecular flexibility index (Phi) is 7.82. The van der Waals surface area contributed by atoms with E-state index in [1.807, 2.05) is 0 Å². The minimum atomic E-state index is -1.27. The maximum atomic E-state index is 11.1. The third kappa shape index (κ3) is 4.50. The van der Waals surface area contributed by atoms with Crippen molar-refractivity contribution in [1.82, 2.24) is 5.32 Å². The second-order valence-corrected chi connectivity index (χ2v) is 8.42. The van der Waals surface area contributed by atoms with E-state index in [0.29, 0.717) is 0 Å². The SMILES string of the molecule is CCOc1c(O)c(O)c(Cc2c(O)c(C3OC(CO)CC(O)C3NC)c(O)c(O)c2Cl)c(O)c1O. The molecule has 0 spiro atoms. The molecule has 12 nitrogen and oxygen atoms in total. The summed E-state index contributed by atoms with van der Waals surface area (Å²) in [6.07, 6.45) is -3.78. The van der Waals surface area contributed by atoms with Gasteiger partial charge in [-0.1, -0.05) is 11.6 Å². The van der Waals surface area contributed by atoms with Crippen LogP contribution in [0, 0.1) is 0 Å². The highest BCUT2D eigenvalue weighted by Crippen LogP contribution is 2.55. The quantitative estimate of drug-likeness (QED) is 0.184. The third-order valence-electron chi connectivity index (χ3n) is 5.99. The second-order valence-electron chi connectivity index (χ2n) is 8.04. The molecule has 1 fully saturated rings. The summed E-state index contributed by atoms with van der Waals surface area (Å²) in [4.78, 5) is 0. The van der Waals surface area contributed by atoms with E-state index in [1.54, 1.807) is 6.92 Å². The zero-order valence-corrected chi connectivity index (χ0v) is 19.6. The maximum Gasteiger partial charge on any atom is 0.211 e. The Morgan fingerprint density at radius 3 is 2.03 bits per heavy atom. The summed E-state index contributed by atoms with van der Waals surface area (Å²) >= 11 is 6.16. The van der Waals surface area contributed by atoms with E-state index in [2.05, 4.69) is 5.32 Å². The summed E-state index contributed by atoms with van der Waals surface area (Å²) in [6, 6.07) is -0.886. The number of phenolic OH excluding ortho intramolecular Hbond substituents is 7. The molecule has 0 aliphatic carbocycles. The van der Waals surface area contributed by atoms with Crippen LogP contribution in [-0.2, 0) is 11.2 Å². The van der Waals surface area contributed by atoms with Gasteiger partial charge in [0.25, 0.3) is 0 Å². The Bertz CT molecular complexity index is 1080. The molecular formula is C22H28ClNO11. The Morgan fingerprint density at radius 1 is 0.914 bits per heavy atom. The summed E-state index contributed by atoms with van der Waals surface area (Å²) in [6.45, 7) is 1.07. The van der Waals surface area contributed by atoms with Gasteiger partial charge in [0.15, 0.2) is 23.0 Å². The minimum Gasteiger partial charge on any atom is -0.507 e. The van der Waals surface area contributed by atoms with Crippen LogP contribution in [-0.4, -0.2) is 84.5 Å². The number of ether oxygens (including phenoxy) is 2. The molecule has 4 atom stereocenters. The number of phenols is 7. The van der Waals surface area contributed by atoms with Crippen LogP contribution in [0.4, 0.5) is 0 Å². The normalized spacial score (nSPS) is 22.3. The van der Waals surface area contributed by atoms with Crippen molar-refractivity contribution < 1.29 is 55.4 Å². The predicted octanol–water partition coefficient (Wildman–Crippen LogP) is 1.04. The smallest absolute Gasteiger partial charge is 0.211 e. The average molecular weight is 518 g/mol. The van der Waals surface area contributed by atoms with E-state index in [4.69, 9.17) is 21.1 Å². The zero-order valence-electron chi connectivity index (χ0n) is 18.9. The standard InChI is InChI=1S/C22H28ClNO11/c1-3-34-22-19(32)15(28)9(16(29)20(22)33)5-8-12(23)18(31)17(30)11(14(8)27)21-13(24-2)10(26)4-7(6-25)35-21/h7,10,13,21,24-33H,3-6H2,1-2H3. The molecule has 3 rings (SSSR count). The van der Waals surface area contributed by atoms with Gasteiger partial charge >= 0.3 is 0 Å². The van der Waals surface area contributed by atoms with Gasteiger partial charge in [-0.25, -0.2) is 0 Å². The molecule has 13 heteroatoms. The van der Waals surface area contributed by atoms with Crippen LogP contribution in [0.25, 0.3) is 0 Å². The third-order valence-corrected chi connectivity index (χ3v) is 6.40. The van der Waals surface area contributed by atoms with Gasteiger partial charge in [0.2, 0.25) is 17.2 Å². The Balaban J connectivity index is 2.20. The summed E-state index contributed by atoms with van der Waals surface area (Å²) in [5, 5.41) is 95.8. The lowest BCUT2D eigenvalue weighted by Crippen LogP contribution is -2.51. The summed E-state index contributed by atoms with van der Waals surface area (Å²) in [5.41, 5.74) is -1.17. The fourth-order valence-electron chi connectivity index (χ4n) is 4.21. The topological polar surface area (TPSA) is 213 Å². The molecule has 1 saturated heterocycles.